The molecule has 1 aromatic heterocycles. The van der Waals surface area contributed by atoms with Crippen LogP contribution >= 0.6 is 0 Å². The van der Waals surface area contributed by atoms with E-state index in [0.29, 0.717) is 13.0 Å². The van der Waals surface area contributed by atoms with Crippen molar-refractivity contribution in [1.82, 2.24) is 14.5 Å². The van der Waals surface area contributed by atoms with Crippen LogP contribution in [0.5, 0.6) is 0 Å². The normalized spacial score (nSPS) is 21.4. The van der Waals surface area contributed by atoms with Crippen LogP contribution in [0.1, 0.15) is 19.3 Å². The summed E-state index contributed by atoms with van der Waals surface area (Å²) in [4.78, 5) is 17.4. The molecule has 0 bridgehead atoms. The largest absolute Gasteiger partial charge is 0.341 e. The lowest BCUT2D eigenvalue weighted by Crippen LogP contribution is -2.46. The van der Waals surface area contributed by atoms with Gasteiger partial charge in [0.1, 0.15) is 0 Å². The Morgan fingerprint density at radius 2 is 2.38 bits per heavy atom. The van der Waals surface area contributed by atoms with Crippen LogP contribution in [0, 0.1) is 0 Å². The third-order valence-corrected chi connectivity index (χ3v) is 2.94. The number of nitrogens with zero attached hydrogens (tertiary/aromatic N) is 3. The molecule has 5 nitrogen and oxygen atoms in total. The van der Waals surface area contributed by atoms with E-state index >= 15 is 0 Å². The summed E-state index contributed by atoms with van der Waals surface area (Å²) in [5.74, 6) is 0.243. The summed E-state index contributed by atoms with van der Waals surface area (Å²) in [5, 5.41) is 0. The minimum Gasteiger partial charge on any atom is -0.341 e. The molecule has 1 fully saturated rings. The summed E-state index contributed by atoms with van der Waals surface area (Å²) in [6.45, 7) is 2.41. The van der Waals surface area contributed by atoms with Gasteiger partial charge in [0.25, 0.3) is 0 Å². The van der Waals surface area contributed by atoms with Gasteiger partial charge in [-0.25, -0.2) is 4.98 Å². The zero-order valence-electron chi connectivity index (χ0n) is 9.38. The van der Waals surface area contributed by atoms with Crippen LogP contribution in [0.3, 0.4) is 0 Å². The standard InChI is InChI=1S/C11H18N4O/c12-10-2-3-11(16)15(8-10)6-1-5-14-7-4-13-9-14/h4,7,9-10H,1-3,5-6,8,12H2. The minimum absolute atomic E-state index is 0.158. The molecule has 1 amide bonds. The van der Waals surface area contributed by atoms with E-state index < -0.39 is 0 Å². The smallest absolute Gasteiger partial charge is 0.222 e. The molecule has 1 aromatic rings. The Hall–Kier alpha value is -1.36. The fourth-order valence-corrected chi connectivity index (χ4v) is 2.02. The highest BCUT2D eigenvalue weighted by atomic mass is 16.2. The minimum atomic E-state index is 0.158. The lowest BCUT2D eigenvalue weighted by Gasteiger charge is -2.30. The van der Waals surface area contributed by atoms with E-state index in [9.17, 15) is 4.79 Å². The van der Waals surface area contributed by atoms with Gasteiger partial charge in [-0.1, -0.05) is 0 Å². The predicted molar refractivity (Wildman–Crippen MR) is 60.6 cm³/mol. The number of nitrogens with two attached hydrogens (primary N) is 1. The van der Waals surface area contributed by atoms with E-state index in [0.717, 1.165) is 25.9 Å². The molecule has 1 atom stereocenters. The molecular weight excluding hydrogens is 204 g/mol. The van der Waals surface area contributed by atoms with Crippen molar-refractivity contribution in [2.75, 3.05) is 13.1 Å². The van der Waals surface area contributed by atoms with Crippen LogP contribution in [0.2, 0.25) is 0 Å². The van der Waals surface area contributed by atoms with Crippen molar-refractivity contribution >= 4 is 5.91 Å². The molecule has 0 saturated carbocycles. The van der Waals surface area contributed by atoms with Crippen molar-refractivity contribution in [2.24, 2.45) is 5.73 Å². The Balaban J connectivity index is 1.74. The van der Waals surface area contributed by atoms with Gasteiger partial charge >= 0.3 is 0 Å². The third-order valence-electron chi connectivity index (χ3n) is 2.94. The molecule has 1 unspecified atom stereocenters. The molecule has 2 rings (SSSR count). The molecule has 2 N–H and O–H groups in total. The molecule has 0 spiro atoms. The molecule has 2 heterocycles. The summed E-state index contributed by atoms with van der Waals surface area (Å²) in [6.07, 6.45) is 7.88. The van der Waals surface area contributed by atoms with Crippen LogP contribution in [0.4, 0.5) is 0 Å². The van der Waals surface area contributed by atoms with Crippen molar-refractivity contribution < 1.29 is 4.79 Å². The van der Waals surface area contributed by atoms with Crippen LogP contribution in [0.15, 0.2) is 18.7 Å². The number of amides is 1. The monoisotopic (exact) mass is 222 g/mol. The van der Waals surface area contributed by atoms with Gasteiger partial charge in [-0.05, 0) is 12.8 Å². The maximum Gasteiger partial charge on any atom is 0.222 e. The zero-order valence-corrected chi connectivity index (χ0v) is 9.38. The Bertz CT molecular complexity index is 336. The molecule has 0 aromatic carbocycles. The second kappa shape index (κ2) is 5.12. The van der Waals surface area contributed by atoms with Gasteiger partial charge in [-0.3, -0.25) is 4.79 Å². The first kappa shape index (κ1) is 11.1. The van der Waals surface area contributed by atoms with Crippen molar-refractivity contribution in [3.05, 3.63) is 18.7 Å². The lowest BCUT2D eigenvalue weighted by molar-refractivity contribution is -0.133. The number of piperidine rings is 1. The second-order valence-corrected chi connectivity index (χ2v) is 4.29. The molecule has 1 saturated heterocycles. The third kappa shape index (κ3) is 2.82. The Morgan fingerprint density at radius 1 is 1.50 bits per heavy atom. The average Bonchev–Trinajstić information content (AvgIpc) is 2.76. The molecule has 1 aliphatic rings. The van der Waals surface area contributed by atoms with Crippen LogP contribution in [-0.4, -0.2) is 39.5 Å². The molecule has 16 heavy (non-hydrogen) atoms. The Kier molecular flexibility index (Phi) is 3.56. The topological polar surface area (TPSA) is 64.2 Å². The lowest BCUT2D eigenvalue weighted by atomic mass is 10.1. The summed E-state index contributed by atoms with van der Waals surface area (Å²) in [7, 11) is 0. The Labute approximate surface area is 95.2 Å². The maximum absolute atomic E-state index is 11.6. The van der Waals surface area contributed by atoms with E-state index in [1.165, 1.54) is 0 Å². The van der Waals surface area contributed by atoms with Gasteiger partial charge in [0.2, 0.25) is 5.91 Å². The van der Waals surface area contributed by atoms with Crippen molar-refractivity contribution in [3.8, 4) is 0 Å². The number of imidazole rings is 1. The van der Waals surface area contributed by atoms with Gasteiger partial charge in [-0.15, -0.1) is 0 Å². The maximum atomic E-state index is 11.6. The van der Waals surface area contributed by atoms with Gasteiger partial charge in [0, 0.05) is 44.5 Å². The van der Waals surface area contributed by atoms with Crippen LogP contribution in [-0.2, 0) is 11.3 Å². The summed E-state index contributed by atoms with van der Waals surface area (Å²) in [5.41, 5.74) is 5.84. The molecule has 0 radical (unpaired) electrons. The van der Waals surface area contributed by atoms with E-state index in [2.05, 4.69) is 4.98 Å². The Morgan fingerprint density at radius 3 is 3.12 bits per heavy atom. The number of aryl methyl sites for hydroxylation is 1. The number of hydrogen-bond donors (Lipinski definition) is 1. The van der Waals surface area contributed by atoms with Gasteiger partial charge in [-0.2, -0.15) is 0 Å². The van der Waals surface area contributed by atoms with Gasteiger partial charge < -0.3 is 15.2 Å². The van der Waals surface area contributed by atoms with Crippen LogP contribution < -0.4 is 5.73 Å². The highest BCUT2D eigenvalue weighted by molar-refractivity contribution is 5.77. The summed E-state index contributed by atoms with van der Waals surface area (Å²) in [6, 6.07) is 0.158. The van der Waals surface area contributed by atoms with E-state index in [4.69, 9.17) is 5.73 Å². The molecule has 5 heteroatoms. The quantitative estimate of drug-likeness (QED) is 0.792. The number of rotatable bonds is 4. The first-order valence-corrected chi connectivity index (χ1v) is 5.75. The van der Waals surface area contributed by atoms with E-state index in [1.54, 1.807) is 12.5 Å². The van der Waals surface area contributed by atoms with Crippen molar-refractivity contribution in [3.63, 3.8) is 0 Å². The first-order valence-electron chi connectivity index (χ1n) is 5.75. The fourth-order valence-electron chi connectivity index (χ4n) is 2.02. The molecule has 88 valence electrons. The summed E-state index contributed by atoms with van der Waals surface area (Å²) < 4.78 is 2.02. The number of carbonyl (C=O) groups is 1. The molecule has 0 aliphatic carbocycles. The number of carbonyl (C=O) groups excluding carboxylic acids is 1. The zero-order chi connectivity index (χ0) is 11.4. The van der Waals surface area contributed by atoms with Gasteiger partial charge in [0.15, 0.2) is 0 Å². The van der Waals surface area contributed by atoms with Crippen LogP contribution in [0.25, 0.3) is 0 Å². The summed E-state index contributed by atoms with van der Waals surface area (Å²) >= 11 is 0. The predicted octanol–water partition coefficient (Wildman–Crippen LogP) is 0.223. The second-order valence-electron chi connectivity index (χ2n) is 4.29. The fraction of sp³-hybridized carbons (Fsp3) is 0.636. The average molecular weight is 222 g/mol. The van der Waals surface area contributed by atoms with Gasteiger partial charge in [0.05, 0.1) is 6.33 Å². The number of likely N-dealkylation sites (tertiary alicyclic amines) is 1. The molecule has 1 aliphatic heterocycles. The highest BCUT2D eigenvalue weighted by Crippen LogP contribution is 2.10. The van der Waals surface area contributed by atoms with Crippen molar-refractivity contribution in [2.45, 2.75) is 31.8 Å². The molecular formula is C11H18N4O. The number of aromatic nitrogens is 2. The van der Waals surface area contributed by atoms with E-state index in [-0.39, 0.29) is 11.9 Å². The van der Waals surface area contributed by atoms with E-state index in [1.807, 2.05) is 15.7 Å². The highest BCUT2D eigenvalue weighted by Gasteiger charge is 2.22. The number of hydrogen-bond acceptors (Lipinski definition) is 3. The SMILES string of the molecule is NC1CCC(=O)N(CCCn2ccnc2)C1. The first-order chi connectivity index (χ1) is 7.75. The van der Waals surface area contributed by atoms with Crippen molar-refractivity contribution in [1.29, 1.82) is 0 Å².